The Morgan fingerprint density at radius 1 is 1.20 bits per heavy atom. The molecule has 7 rings (SSSR count). The third-order valence-corrected chi connectivity index (χ3v) is 12.8. The van der Waals surface area contributed by atoms with Gasteiger partial charge < -0.3 is 24.6 Å². The molecule has 2 aliphatic carbocycles. The molecule has 1 saturated heterocycles. The fraction of sp³-hybridized carbons (Fsp3) is 0.472. The number of amides is 4. The van der Waals surface area contributed by atoms with Gasteiger partial charge >= 0.3 is 6.03 Å². The number of nitrogens with zero attached hydrogens (tertiary/aromatic N) is 4. The Hall–Kier alpha value is -4.68. The predicted octanol–water partition coefficient (Wildman–Crippen LogP) is 3.75. The molecule has 4 heterocycles. The molecular weight excluding hydrogens is 693 g/mol. The molecular formula is C36H40N6O7S2. The van der Waals surface area contributed by atoms with Crippen molar-refractivity contribution in [1.82, 2.24) is 29.8 Å². The van der Waals surface area contributed by atoms with Crippen molar-refractivity contribution in [2.45, 2.75) is 74.8 Å². The lowest BCUT2D eigenvalue weighted by atomic mass is 10.1. The average molecular weight is 733 g/mol. The number of urea groups is 1. The molecule has 13 nitrogen and oxygen atoms in total. The highest BCUT2D eigenvalue weighted by atomic mass is 32.2. The van der Waals surface area contributed by atoms with Crippen molar-refractivity contribution in [3.63, 3.8) is 0 Å². The summed E-state index contributed by atoms with van der Waals surface area (Å²) in [6.45, 7) is 2.47. The molecule has 0 radical (unpaired) electrons. The van der Waals surface area contributed by atoms with Crippen molar-refractivity contribution < 1.29 is 32.3 Å². The van der Waals surface area contributed by atoms with E-state index in [9.17, 15) is 22.8 Å². The molecule has 4 aliphatic rings. The summed E-state index contributed by atoms with van der Waals surface area (Å²) in [6.07, 6.45) is 12.6. The number of likely N-dealkylation sites (N-methyl/N-ethyl adjacent to an activating group) is 1. The lowest BCUT2D eigenvalue weighted by molar-refractivity contribution is -0.134. The molecule has 3 fully saturated rings. The Morgan fingerprint density at radius 3 is 2.73 bits per heavy atom. The number of aromatic nitrogens is 2. The number of hydrogen-bond donors (Lipinski definition) is 2. The van der Waals surface area contributed by atoms with Crippen molar-refractivity contribution in [3.05, 3.63) is 47.0 Å². The SMILES string of the molecule is C#Cc1csc(-c2cc(O[C@H]3C[C@H]4C(=O)N(C)CCCC/C=C/[C@@H]5C[C@@]5(C(=O)NS(=O)(=O)C5CC5)NC(=O)N4C3)c3ccc(OC)c(C)c3n2)n1. The van der Waals surface area contributed by atoms with Crippen LogP contribution in [-0.2, 0) is 19.6 Å². The smallest absolute Gasteiger partial charge is 0.319 e. The monoisotopic (exact) mass is 732 g/mol. The molecule has 15 heteroatoms. The van der Waals surface area contributed by atoms with E-state index in [0.717, 1.165) is 24.8 Å². The minimum absolute atomic E-state index is 0.0431. The van der Waals surface area contributed by atoms with Gasteiger partial charge in [-0.1, -0.05) is 12.2 Å². The van der Waals surface area contributed by atoms with Crippen LogP contribution in [0, 0.1) is 25.2 Å². The fourth-order valence-corrected chi connectivity index (χ4v) is 9.03. The minimum atomic E-state index is -3.85. The molecule has 0 spiro atoms. The van der Waals surface area contributed by atoms with Gasteiger partial charge in [-0.25, -0.2) is 23.2 Å². The number of terminal acetylenes is 1. The summed E-state index contributed by atoms with van der Waals surface area (Å²) in [5.41, 5.74) is 1.04. The number of fused-ring (bicyclic) bond motifs is 3. The fourth-order valence-electron chi connectivity index (χ4n) is 6.95. The molecule has 4 atom stereocenters. The zero-order valence-corrected chi connectivity index (χ0v) is 30.3. The van der Waals surface area contributed by atoms with E-state index in [0.29, 0.717) is 58.2 Å². The average Bonchev–Trinajstić information content (AvgIpc) is 3.99. The van der Waals surface area contributed by atoms with Gasteiger partial charge in [-0.3, -0.25) is 14.3 Å². The highest BCUT2D eigenvalue weighted by Crippen LogP contribution is 2.46. The number of allylic oxidation sites excluding steroid dienone is 1. The van der Waals surface area contributed by atoms with Gasteiger partial charge in [0.2, 0.25) is 15.9 Å². The molecule has 268 valence electrons. The third kappa shape index (κ3) is 6.74. The van der Waals surface area contributed by atoms with E-state index < -0.39 is 44.9 Å². The van der Waals surface area contributed by atoms with E-state index in [1.165, 1.54) is 16.2 Å². The maximum atomic E-state index is 14.2. The van der Waals surface area contributed by atoms with Crippen LogP contribution in [0.4, 0.5) is 4.79 Å². The lowest BCUT2D eigenvalue weighted by Gasteiger charge is -2.30. The normalized spacial score (nSPS) is 26.0. The number of carbonyl (C=O) groups excluding carboxylic acids is 3. The second kappa shape index (κ2) is 13.5. The highest BCUT2D eigenvalue weighted by molar-refractivity contribution is 7.91. The van der Waals surface area contributed by atoms with E-state index in [1.807, 2.05) is 31.2 Å². The van der Waals surface area contributed by atoms with E-state index in [-0.39, 0.29) is 31.2 Å². The molecule has 51 heavy (non-hydrogen) atoms. The first-order valence-electron chi connectivity index (χ1n) is 17.1. The Morgan fingerprint density at radius 2 is 2.00 bits per heavy atom. The van der Waals surface area contributed by atoms with Crippen LogP contribution in [0.2, 0.25) is 0 Å². The summed E-state index contributed by atoms with van der Waals surface area (Å²) >= 11 is 1.36. The molecule has 2 saturated carbocycles. The summed E-state index contributed by atoms with van der Waals surface area (Å²) in [4.78, 5) is 54.2. The molecule has 0 unspecified atom stereocenters. The number of thiazole rings is 1. The summed E-state index contributed by atoms with van der Waals surface area (Å²) in [6, 6.07) is 3.97. The third-order valence-electron chi connectivity index (χ3n) is 10.1. The highest BCUT2D eigenvalue weighted by Gasteiger charge is 2.62. The van der Waals surface area contributed by atoms with Crippen LogP contribution in [-0.4, -0.2) is 96.2 Å². The summed E-state index contributed by atoms with van der Waals surface area (Å²) in [5, 5.41) is 5.37. The Kier molecular flexibility index (Phi) is 9.17. The van der Waals surface area contributed by atoms with Crippen molar-refractivity contribution in [2.75, 3.05) is 27.2 Å². The summed E-state index contributed by atoms with van der Waals surface area (Å²) in [5.74, 6) is 2.31. The van der Waals surface area contributed by atoms with Gasteiger partial charge in [-0.2, -0.15) is 0 Å². The maximum absolute atomic E-state index is 14.2. The van der Waals surface area contributed by atoms with Crippen molar-refractivity contribution in [3.8, 4) is 34.5 Å². The summed E-state index contributed by atoms with van der Waals surface area (Å²) in [7, 11) is -0.536. The number of sulfonamides is 1. The molecule has 4 amide bonds. The number of carbonyl (C=O) groups is 3. The lowest BCUT2D eigenvalue weighted by Crippen LogP contribution is -2.57. The maximum Gasteiger partial charge on any atom is 0.319 e. The van der Waals surface area contributed by atoms with Gasteiger partial charge in [0.25, 0.3) is 5.91 Å². The first-order valence-corrected chi connectivity index (χ1v) is 19.5. The van der Waals surface area contributed by atoms with Crippen molar-refractivity contribution in [2.24, 2.45) is 5.92 Å². The van der Waals surface area contributed by atoms with Crippen LogP contribution in [0.5, 0.6) is 11.5 Å². The molecule has 3 aromatic rings. The first-order chi connectivity index (χ1) is 24.4. The van der Waals surface area contributed by atoms with Gasteiger partial charge in [0, 0.05) is 48.3 Å². The van der Waals surface area contributed by atoms with Gasteiger partial charge in [0.1, 0.15) is 45.6 Å². The predicted molar refractivity (Wildman–Crippen MR) is 192 cm³/mol. The van der Waals surface area contributed by atoms with Gasteiger partial charge in [0.15, 0.2) is 0 Å². The Balaban J connectivity index is 1.21. The molecule has 2 N–H and O–H groups in total. The van der Waals surface area contributed by atoms with E-state index in [4.69, 9.17) is 20.9 Å². The first kappa shape index (κ1) is 34.8. The largest absolute Gasteiger partial charge is 0.496 e. The number of benzene rings is 1. The van der Waals surface area contributed by atoms with E-state index in [2.05, 4.69) is 20.9 Å². The van der Waals surface area contributed by atoms with Gasteiger partial charge in [-0.15, -0.1) is 17.8 Å². The van der Waals surface area contributed by atoms with Crippen LogP contribution < -0.4 is 19.5 Å². The number of aryl methyl sites for hydroxylation is 1. The van der Waals surface area contributed by atoms with Crippen LogP contribution in [0.1, 0.15) is 56.2 Å². The number of methoxy groups -OCH3 is 1. The van der Waals surface area contributed by atoms with Gasteiger partial charge in [-0.05, 0) is 63.5 Å². The minimum Gasteiger partial charge on any atom is -0.496 e. The number of nitrogens with one attached hydrogen (secondary N) is 2. The number of ether oxygens (including phenoxy) is 2. The number of pyridine rings is 1. The van der Waals surface area contributed by atoms with Crippen LogP contribution in [0.15, 0.2) is 35.7 Å². The zero-order chi connectivity index (χ0) is 36.1. The quantitative estimate of drug-likeness (QED) is 0.273. The molecule has 1 aromatic carbocycles. The van der Waals surface area contributed by atoms with Crippen LogP contribution in [0.25, 0.3) is 21.6 Å². The van der Waals surface area contributed by atoms with Crippen molar-refractivity contribution >= 4 is 50.1 Å². The molecule has 2 aliphatic heterocycles. The second-order valence-electron chi connectivity index (χ2n) is 13.7. The number of hydrogen-bond acceptors (Lipinski definition) is 10. The standard InChI is InChI=1S/C36H40N6O7S2/c1-5-23-20-50-32(37-23)27-17-30(26-13-14-29(48-4)21(2)31(26)38-27)49-24-16-28-33(43)41(3)15-9-7-6-8-10-22-18-36(22,39-35(45)42(28)19-24)34(44)40-51(46,47)25-11-12-25/h1,8,10,13-14,17,20,22,24-25,28H,6-7,9,11-12,15-16,18-19H2,2-4H3,(H,39,45)(H,40,44)/b10-8+/t22-,24+,28+,36-/m1/s1. The van der Waals surface area contributed by atoms with E-state index in [1.54, 1.807) is 30.5 Å². The zero-order valence-electron chi connectivity index (χ0n) is 28.7. The number of rotatable bonds is 7. The Labute approximate surface area is 300 Å². The van der Waals surface area contributed by atoms with Crippen LogP contribution in [0.3, 0.4) is 0 Å². The van der Waals surface area contributed by atoms with Crippen LogP contribution >= 0.6 is 11.3 Å². The van der Waals surface area contributed by atoms with E-state index >= 15 is 0 Å². The van der Waals surface area contributed by atoms with Gasteiger partial charge in [0.05, 0.1) is 24.4 Å². The molecule has 2 aromatic heterocycles. The second-order valence-corrected chi connectivity index (χ2v) is 16.5. The summed E-state index contributed by atoms with van der Waals surface area (Å²) < 4.78 is 40.0. The van der Waals surface area contributed by atoms with Crippen molar-refractivity contribution in [1.29, 1.82) is 0 Å². The molecule has 0 bridgehead atoms. The Bertz CT molecular complexity index is 2090. The topological polar surface area (TPSA) is 160 Å².